The van der Waals surface area contributed by atoms with Crippen LogP contribution in [0.15, 0.2) is 48.8 Å². The number of Topliss-reactive ketones (excluding diaryl/α,β-unsaturated/α-hetero) is 1. The van der Waals surface area contributed by atoms with Gasteiger partial charge in [-0.05, 0) is 50.6 Å². The highest BCUT2D eigenvalue weighted by Crippen LogP contribution is 2.23. The fraction of sp³-hybridized carbons (Fsp3) is 0.286. The van der Waals surface area contributed by atoms with E-state index in [1.54, 1.807) is 64.2 Å². The lowest BCUT2D eigenvalue weighted by atomic mass is 9.98. The second kappa shape index (κ2) is 8.65. The lowest BCUT2D eigenvalue weighted by molar-refractivity contribution is 0.0635. The van der Waals surface area contributed by atoms with Crippen molar-refractivity contribution in [1.82, 2.24) is 9.88 Å². The maximum absolute atomic E-state index is 13.5. The van der Waals surface area contributed by atoms with E-state index in [1.165, 1.54) is 24.4 Å². The first-order valence-electron chi connectivity index (χ1n) is 8.70. The number of hydrogen-bond donors (Lipinski definition) is 1. The van der Waals surface area contributed by atoms with E-state index < -0.39 is 17.5 Å². The van der Waals surface area contributed by atoms with Gasteiger partial charge >= 0.3 is 6.09 Å². The number of hydrogen-bond acceptors (Lipinski definition) is 5. The molecule has 0 aliphatic rings. The van der Waals surface area contributed by atoms with Gasteiger partial charge < -0.3 is 9.64 Å². The summed E-state index contributed by atoms with van der Waals surface area (Å²) < 4.78 is 18.8. The summed E-state index contributed by atoms with van der Waals surface area (Å²) in [5.41, 5.74) is 0.450. The van der Waals surface area contributed by atoms with Crippen LogP contribution in [0.25, 0.3) is 5.57 Å². The first-order valence-corrected chi connectivity index (χ1v) is 8.70. The quantitative estimate of drug-likeness (QED) is 0.612. The minimum Gasteiger partial charge on any atom is -0.444 e. The topological polar surface area (TPSA) is 71.5 Å². The highest BCUT2D eigenvalue weighted by molar-refractivity contribution is 6.28. The molecule has 1 aromatic heterocycles. The Labute approximate surface area is 164 Å². The number of allylic oxidation sites excluding steroid dienone is 1. The number of benzene rings is 1. The Kier molecular flexibility index (Phi) is 6.51. The van der Waals surface area contributed by atoms with Crippen molar-refractivity contribution in [1.29, 1.82) is 0 Å². The van der Waals surface area contributed by atoms with Crippen LogP contribution in [0.3, 0.4) is 0 Å². The van der Waals surface area contributed by atoms with Crippen molar-refractivity contribution in [2.75, 3.05) is 19.4 Å². The molecular formula is C21H24FN3O3. The smallest absolute Gasteiger partial charge is 0.413 e. The molecule has 148 valence electrons. The second-order valence-electron chi connectivity index (χ2n) is 7.40. The van der Waals surface area contributed by atoms with Crippen LogP contribution in [0.1, 0.15) is 36.7 Å². The zero-order valence-corrected chi connectivity index (χ0v) is 16.6. The number of nitrogens with zero attached hydrogens (tertiary/aromatic N) is 2. The van der Waals surface area contributed by atoms with E-state index in [2.05, 4.69) is 10.3 Å². The maximum Gasteiger partial charge on any atom is 0.413 e. The molecule has 2 rings (SSSR count). The molecule has 1 amide bonds. The molecule has 0 aliphatic carbocycles. The standard InChI is InChI=1S/C21H24FN3O3/c1-21(2,3)28-20(27)24-18-12-14(9-10-23-18)17(13-25(4)5)19(26)15-7-6-8-16(22)11-15/h6-13H,1-5H3,(H,23,24,27)/b17-13-. The van der Waals surface area contributed by atoms with Gasteiger partial charge in [-0.25, -0.2) is 14.2 Å². The third-order valence-corrected chi connectivity index (χ3v) is 3.42. The molecule has 1 heterocycles. The summed E-state index contributed by atoms with van der Waals surface area (Å²) in [6.45, 7) is 5.27. The summed E-state index contributed by atoms with van der Waals surface area (Å²) in [4.78, 5) is 30.7. The lowest BCUT2D eigenvalue weighted by Crippen LogP contribution is -2.27. The number of anilines is 1. The molecule has 7 heteroatoms. The maximum atomic E-state index is 13.5. The van der Waals surface area contributed by atoms with Gasteiger partial charge in [0.2, 0.25) is 0 Å². The molecule has 1 N–H and O–H groups in total. The first kappa shape index (κ1) is 21.1. The van der Waals surface area contributed by atoms with Crippen LogP contribution < -0.4 is 5.32 Å². The molecule has 0 unspecified atom stereocenters. The number of rotatable bonds is 5. The van der Waals surface area contributed by atoms with Crippen LogP contribution in [0.5, 0.6) is 0 Å². The normalized spacial score (nSPS) is 11.7. The molecule has 1 aromatic carbocycles. The molecule has 28 heavy (non-hydrogen) atoms. The number of pyridine rings is 1. The largest absolute Gasteiger partial charge is 0.444 e. The number of ether oxygens (including phenoxy) is 1. The Bertz CT molecular complexity index is 902. The van der Waals surface area contributed by atoms with Gasteiger partial charge in [-0.3, -0.25) is 10.1 Å². The second-order valence-corrected chi connectivity index (χ2v) is 7.40. The van der Waals surface area contributed by atoms with Gasteiger partial charge in [-0.2, -0.15) is 0 Å². The van der Waals surface area contributed by atoms with Gasteiger partial charge in [-0.15, -0.1) is 0 Å². The summed E-state index contributed by atoms with van der Waals surface area (Å²) in [5, 5.41) is 2.55. The van der Waals surface area contributed by atoms with Crippen LogP contribution in [-0.2, 0) is 4.74 Å². The molecule has 0 radical (unpaired) electrons. The van der Waals surface area contributed by atoms with Crippen molar-refractivity contribution in [3.63, 3.8) is 0 Å². The van der Waals surface area contributed by atoms with Crippen molar-refractivity contribution in [2.45, 2.75) is 26.4 Å². The van der Waals surface area contributed by atoms with Crippen LogP contribution in [0.2, 0.25) is 0 Å². The minimum atomic E-state index is -0.648. The van der Waals surface area contributed by atoms with Crippen molar-refractivity contribution in [2.24, 2.45) is 0 Å². The number of aromatic nitrogens is 1. The van der Waals surface area contributed by atoms with E-state index >= 15 is 0 Å². The number of carbonyl (C=O) groups excluding carboxylic acids is 2. The molecule has 0 saturated carbocycles. The van der Waals surface area contributed by atoms with Gasteiger partial charge in [0.1, 0.15) is 17.2 Å². The number of nitrogens with one attached hydrogen (secondary N) is 1. The summed E-state index contributed by atoms with van der Waals surface area (Å²) in [7, 11) is 3.56. The van der Waals surface area contributed by atoms with E-state index in [9.17, 15) is 14.0 Å². The molecule has 0 fully saturated rings. The van der Waals surface area contributed by atoms with Gasteiger partial charge in [0.05, 0.1) is 0 Å². The summed E-state index contributed by atoms with van der Waals surface area (Å²) >= 11 is 0. The van der Waals surface area contributed by atoms with Gasteiger partial charge in [0, 0.05) is 37.6 Å². The molecule has 0 spiro atoms. The third kappa shape index (κ3) is 6.19. The molecule has 0 atom stereocenters. The number of amides is 1. The zero-order chi connectivity index (χ0) is 20.9. The van der Waals surface area contributed by atoms with Crippen LogP contribution in [-0.4, -0.2) is 41.5 Å². The minimum absolute atomic E-state index is 0.228. The molecular weight excluding hydrogens is 361 g/mol. The number of halogens is 1. The first-order chi connectivity index (χ1) is 13.0. The van der Waals surface area contributed by atoms with E-state index in [4.69, 9.17) is 4.74 Å². The molecule has 2 aromatic rings. The van der Waals surface area contributed by atoms with Gasteiger partial charge in [0.25, 0.3) is 0 Å². The lowest BCUT2D eigenvalue weighted by Gasteiger charge is -2.19. The van der Waals surface area contributed by atoms with Crippen LogP contribution >= 0.6 is 0 Å². The van der Waals surface area contributed by atoms with Crippen molar-refractivity contribution in [3.8, 4) is 0 Å². The average molecular weight is 385 g/mol. The summed E-state index contributed by atoms with van der Waals surface area (Å²) in [5.74, 6) is -0.594. The number of ketones is 1. The zero-order valence-electron chi connectivity index (χ0n) is 16.6. The fourth-order valence-corrected chi connectivity index (χ4v) is 2.38. The monoisotopic (exact) mass is 385 g/mol. The van der Waals surface area contributed by atoms with E-state index in [-0.39, 0.29) is 17.2 Å². The SMILES string of the molecule is CN(C)/C=C(\C(=O)c1cccc(F)c1)c1ccnc(NC(=O)OC(C)(C)C)c1. The summed E-state index contributed by atoms with van der Waals surface area (Å²) in [6.07, 6.45) is 2.47. The van der Waals surface area contributed by atoms with E-state index in [1.807, 2.05) is 0 Å². The van der Waals surface area contributed by atoms with Crippen LogP contribution in [0.4, 0.5) is 15.0 Å². The predicted octanol–water partition coefficient (Wildman–Crippen LogP) is 4.35. The van der Waals surface area contributed by atoms with Crippen molar-refractivity contribution < 1.29 is 18.7 Å². The Morgan fingerprint density at radius 2 is 1.86 bits per heavy atom. The van der Waals surface area contributed by atoms with E-state index in [0.29, 0.717) is 11.1 Å². The van der Waals surface area contributed by atoms with Crippen molar-refractivity contribution >= 4 is 23.3 Å². The Hall–Kier alpha value is -3.22. The third-order valence-electron chi connectivity index (χ3n) is 3.42. The van der Waals surface area contributed by atoms with Crippen molar-refractivity contribution in [3.05, 3.63) is 65.7 Å². The molecule has 6 nitrogen and oxygen atoms in total. The Morgan fingerprint density at radius 3 is 2.46 bits per heavy atom. The van der Waals surface area contributed by atoms with Crippen LogP contribution in [0, 0.1) is 5.82 Å². The molecule has 0 saturated heterocycles. The average Bonchev–Trinajstić information content (AvgIpc) is 2.57. The van der Waals surface area contributed by atoms with Gasteiger partial charge in [0.15, 0.2) is 5.78 Å². The number of carbonyl (C=O) groups is 2. The van der Waals surface area contributed by atoms with E-state index in [0.717, 1.165) is 0 Å². The fourth-order valence-electron chi connectivity index (χ4n) is 2.38. The highest BCUT2D eigenvalue weighted by Gasteiger charge is 2.19. The van der Waals surface area contributed by atoms with Gasteiger partial charge in [-0.1, -0.05) is 12.1 Å². The Morgan fingerprint density at radius 1 is 1.14 bits per heavy atom. The summed E-state index contributed by atoms with van der Waals surface area (Å²) in [6, 6.07) is 8.71. The highest BCUT2D eigenvalue weighted by atomic mass is 19.1. The predicted molar refractivity (Wildman–Crippen MR) is 106 cm³/mol. The molecule has 0 bridgehead atoms. The Balaban J connectivity index is 2.35. The molecule has 0 aliphatic heterocycles.